The molecule has 0 aliphatic rings. The lowest BCUT2D eigenvalue weighted by Crippen LogP contribution is -2.35. The minimum absolute atomic E-state index is 0.303. The van der Waals surface area contributed by atoms with Gasteiger partial charge in [0.25, 0.3) is 0 Å². The van der Waals surface area contributed by atoms with Crippen LogP contribution in [0.5, 0.6) is 0 Å². The Labute approximate surface area is 147 Å². The summed E-state index contributed by atoms with van der Waals surface area (Å²) >= 11 is 0. The van der Waals surface area contributed by atoms with Crippen molar-refractivity contribution in [2.75, 3.05) is 11.4 Å². The lowest BCUT2D eigenvalue weighted by atomic mass is 10.1. The van der Waals surface area contributed by atoms with Crippen molar-refractivity contribution >= 4 is 11.7 Å². The summed E-state index contributed by atoms with van der Waals surface area (Å²) in [5.41, 5.74) is -0.558. The molecule has 0 fully saturated rings. The van der Waals surface area contributed by atoms with E-state index < -0.39 is 23.2 Å². The Kier molecular flexibility index (Phi) is 4.71. The van der Waals surface area contributed by atoms with Gasteiger partial charge in [-0.15, -0.1) is 9.78 Å². The van der Waals surface area contributed by atoms with E-state index in [1.807, 2.05) is 0 Å². The molecule has 1 heterocycles. The molecule has 0 aliphatic carbocycles. The molecule has 0 atom stereocenters. The summed E-state index contributed by atoms with van der Waals surface area (Å²) in [6.07, 6.45) is 0. The number of benzene rings is 2. The van der Waals surface area contributed by atoms with Crippen LogP contribution >= 0.6 is 0 Å². The molecule has 0 saturated carbocycles. The van der Waals surface area contributed by atoms with Crippen molar-refractivity contribution < 1.29 is 13.6 Å². The molecule has 0 unspecified atom stereocenters. The van der Waals surface area contributed by atoms with Crippen molar-refractivity contribution in [3.63, 3.8) is 0 Å². The average molecular weight is 353 g/mol. The first kappa shape index (κ1) is 17.2. The van der Waals surface area contributed by atoms with E-state index in [1.54, 1.807) is 43.3 Å². The molecule has 0 N–H and O–H groups in total. The zero-order chi connectivity index (χ0) is 18.7. The number of para-hydroxylation sites is 1. The summed E-state index contributed by atoms with van der Waals surface area (Å²) < 4.78 is 28.8. The zero-order valence-corrected chi connectivity index (χ0v) is 13.7. The minimum atomic E-state index is -0.892. The second-order valence-electron chi connectivity index (χ2n) is 5.27. The summed E-state index contributed by atoms with van der Waals surface area (Å²) in [4.78, 5) is 14.2. The van der Waals surface area contributed by atoms with Gasteiger partial charge in [0.2, 0.25) is 0 Å². The van der Waals surface area contributed by atoms with Gasteiger partial charge in [-0.05, 0) is 31.2 Å². The molecule has 6 nitrogen and oxygen atoms in total. The average Bonchev–Trinajstić information content (AvgIpc) is 3.06. The van der Waals surface area contributed by atoms with Gasteiger partial charge in [-0.25, -0.2) is 13.6 Å². The number of hydrogen-bond donors (Lipinski definition) is 0. The molecule has 0 spiro atoms. The van der Waals surface area contributed by atoms with E-state index in [0.29, 0.717) is 12.2 Å². The molecular weight excluding hydrogens is 340 g/mol. The molecular formula is C18H13F2N5O. The predicted octanol–water partition coefficient (Wildman–Crippen LogP) is 3.59. The number of hydrogen-bond acceptors (Lipinski definition) is 4. The van der Waals surface area contributed by atoms with Crippen molar-refractivity contribution in [3.8, 4) is 17.3 Å². The van der Waals surface area contributed by atoms with Gasteiger partial charge in [0.05, 0.1) is 5.56 Å². The maximum atomic E-state index is 14.0. The van der Waals surface area contributed by atoms with E-state index in [9.17, 15) is 18.8 Å². The quantitative estimate of drug-likeness (QED) is 0.721. The third-order valence-corrected chi connectivity index (χ3v) is 3.77. The molecule has 130 valence electrons. The van der Waals surface area contributed by atoms with Gasteiger partial charge in [0.15, 0.2) is 5.69 Å². The Morgan fingerprint density at radius 2 is 1.81 bits per heavy atom. The first-order valence-corrected chi connectivity index (χ1v) is 7.75. The highest BCUT2D eigenvalue weighted by molar-refractivity contribution is 5.94. The summed E-state index contributed by atoms with van der Waals surface area (Å²) in [6, 6.07) is 13.2. The summed E-state index contributed by atoms with van der Waals surface area (Å²) in [5, 5.41) is 16.8. The molecule has 1 aromatic heterocycles. The second-order valence-corrected chi connectivity index (χ2v) is 5.27. The van der Waals surface area contributed by atoms with Gasteiger partial charge >= 0.3 is 6.03 Å². The second kappa shape index (κ2) is 7.11. The summed E-state index contributed by atoms with van der Waals surface area (Å²) in [6.45, 7) is 2.06. The number of nitriles is 1. The van der Waals surface area contributed by atoms with Crippen LogP contribution in [0.25, 0.3) is 11.3 Å². The van der Waals surface area contributed by atoms with Crippen molar-refractivity contribution in [1.29, 1.82) is 5.26 Å². The first-order valence-electron chi connectivity index (χ1n) is 7.75. The topological polar surface area (TPSA) is 74.8 Å². The largest absolute Gasteiger partial charge is 0.351 e. The van der Waals surface area contributed by atoms with Crippen molar-refractivity contribution in [2.24, 2.45) is 0 Å². The third kappa shape index (κ3) is 2.91. The third-order valence-electron chi connectivity index (χ3n) is 3.77. The Bertz CT molecular complexity index is 974. The number of amides is 1. The maximum Gasteiger partial charge on any atom is 0.351 e. The lowest BCUT2D eigenvalue weighted by Gasteiger charge is -2.20. The Hall–Kier alpha value is -3.60. The van der Waals surface area contributed by atoms with Crippen LogP contribution in [0.4, 0.5) is 19.3 Å². The zero-order valence-electron chi connectivity index (χ0n) is 13.7. The Morgan fingerprint density at radius 1 is 1.15 bits per heavy atom. The Balaban J connectivity index is 2.09. The van der Waals surface area contributed by atoms with Gasteiger partial charge in [-0.3, -0.25) is 4.90 Å². The molecule has 3 aromatic rings. The molecule has 0 radical (unpaired) electrons. The molecule has 8 heteroatoms. The van der Waals surface area contributed by atoms with Crippen molar-refractivity contribution in [3.05, 3.63) is 65.9 Å². The number of carbonyl (C=O) groups is 1. The monoisotopic (exact) mass is 353 g/mol. The van der Waals surface area contributed by atoms with E-state index in [-0.39, 0.29) is 11.4 Å². The molecule has 0 aliphatic heterocycles. The number of aromatic nitrogens is 3. The van der Waals surface area contributed by atoms with Crippen LogP contribution in [0, 0.1) is 23.0 Å². The number of nitrogens with zero attached hydrogens (tertiary/aromatic N) is 5. The summed E-state index contributed by atoms with van der Waals surface area (Å²) in [7, 11) is 0. The smallest absolute Gasteiger partial charge is 0.293 e. The van der Waals surface area contributed by atoms with E-state index in [0.717, 1.165) is 16.8 Å². The normalized spacial score (nSPS) is 10.4. The standard InChI is InChI=1S/C18H13F2N5O/c1-2-24(12-7-4-3-5-8-12)18(26)25-15(11-21)17(22-23-25)16-13(19)9-6-10-14(16)20/h3-10H,2H2,1H3. The van der Waals surface area contributed by atoms with Crippen LogP contribution in [0.2, 0.25) is 0 Å². The fraction of sp³-hybridized carbons (Fsp3) is 0.111. The van der Waals surface area contributed by atoms with E-state index in [2.05, 4.69) is 10.3 Å². The highest BCUT2D eigenvalue weighted by Crippen LogP contribution is 2.27. The van der Waals surface area contributed by atoms with Crippen LogP contribution in [0.1, 0.15) is 12.6 Å². The maximum absolute atomic E-state index is 14.0. The van der Waals surface area contributed by atoms with Gasteiger partial charge in [-0.2, -0.15) is 5.26 Å². The number of rotatable bonds is 3. The van der Waals surface area contributed by atoms with Crippen LogP contribution < -0.4 is 4.90 Å². The van der Waals surface area contributed by atoms with Gasteiger partial charge in [0, 0.05) is 12.2 Å². The van der Waals surface area contributed by atoms with E-state index >= 15 is 0 Å². The van der Waals surface area contributed by atoms with Crippen LogP contribution in [0.3, 0.4) is 0 Å². The molecule has 0 bridgehead atoms. The number of anilines is 1. The van der Waals surface area contributed by atoms with E-state index in [1.165, 1.54) is 11.0 Å². The van der Waals surface area contributed by atoms with Crippen LogP contribution in [-0.4, -0.2) is 27.6 Å². The van der Waals surface area contributed by atoms with Crippen LogP contribution in [-0.2, 0) is 0 Å². The molecule has 3 rings (SSSR count). The minimum Gasteiger partial charge on any atom is -0.293 e. The van der Waals surface area contributed by atoms with E-state index in [4.69, 9.17) is 0 Å². The Morgan fingerprint density at radius 3 is 2.38 bits per heavy atom. The van der Waals surface area contributed by atoms with Crippen LogP contribution in [0.15, 0.2) is 48.5 Å². The fourth-order valence-electron chi connectivity index (χ4n) is 2.56. The van der Waals surface area contributed by atoms with Gasteiger partial charge in [0.1, 0.15) is 23.4 Å². The van der Waals surface area contributed by atoms with Crippen molar-refractivity contribution in [1.82, 2.24) is 15.0 Å². The first-order chi connectivity index (χ1) is 12.6. The summed E-state index contributed by atoms with van der Waals surface area (Å²) in [5.74, 6) is -1.78. The number of carbonyl (C=O) groups excluding carboxylic acids is 1. The predicted molar refractivity (Wildman–Crippen MR) is 90.3 cm³/mol. The van der Waals surface area contributed by atoms with Gasteiger partial charge in [-0.1, -0.05) is 29.5 Å². The van der Waals surface area contributed by atoms with Gasteiger partial charge < -0.3 is 0 Å². The number of halogens is 2. The molecule has 2 aromatic carbocycles. The molecule has 1 amide bonds. The molecule has 0 saturated heterocycles. The fourth-order valence-corrected chi connectivity index (χ4v) is 2.56. The molecule has 26 heavy (non-hydrogen) atoms. The highest BCUT2D eigenvalue weighted by Gasteiger charge is 2.26. The highest BCUT2D eigenvalue weighted by atomic mass is 19.1. The SMILES string of the molecule is CCN(C(=O)n1nnc(-c2c(F)cccc2F)c1C#N)c1ccccc1. The lowest BCUT2D eigenvalue weighted by molar-refractivity contribution is 0.244. The van der Waals surface area contributed by atoms with Crippen molar-refractivity contribution in [2.45, 2.75) is 6.92 Å².